The lowest BCUT2D eigenvalue weighted by molar-refractivity contribution is -0.115. The molecule has 3 heteroatoms. The third-order valence-electron chi connectivity index (χ3n) is 4.82. The van der Waals surface area contributed by atoms with Crippen LogP contribution in [0, 0.1) is 0 Å². The number of hydrogen-bond acceptors (Lipinski definition) is 3. The number of hydrogen-bond donors (Lipinski definition) is 0. The van der Waals surface area contributed by atoms with E-state index in [1.807, 2.05) is 36.4 Å². The van der Waals surface area contributed by atoms with Crippen molar-refractivity contribution in [3.63, 3.8) is 0 Å². The van der Waals surface area contributed by atoms with Crippen LogP contribution in [-0.2, 0) is 16.1 Å². The van der Waals surface area contributed by atoms with Gasteiger partial charge >= 0.3 is 0 Å². The average molecular weight is 319 g/mol. The second-order valence-corrected chi connectivity index (χ2v) is 6.53. The minimum Gasteiger partial charge on any atom is -0.372 e. The van der Waals surface area contributed by atoms with Crippen LogP contribution in [0.25, 0.3) is 5.70 Å². The first kappa shape index (κ1) is 15.2. The summed E-state index contributed by atoms with van der Waals surface area (Å²) in [6.45, 7) is 1.48. The number of carbonyl (C=O) groups excluding carboxylic acids is 1. The highest BCUT2D eigenvalue weighted by Crippen LogP contribution is 2.35. The minimum atomic E-state index is 0.174. The molecule has 2 aromatic rings. The fourth-order valence-corrected chi connectivity index (χ4v) is 3.66. The summed E-state index contributed by atoms with van der Waals surface area (Å²) in [5.74, 6) is 0.221. The van der Waals surface area contributed by atoms with E-state index in [2.05, 4.69) is 29.2 Å². The van der Waals surface area contributed by atoms with Gasteiger partial charge in [-0.05, 0) is 17.5 Å². The minimum absolute atomic E-state index is 0.174. The van der Waals surface area contributed by atoms with Gasteiger partial charge in [0.25, 0.3) is 0 Å². The molecule has 0 aromatic heterocycles. The second-order valence-electron chi connectivity index (χ2n) is 6.53. The van der Waals surface area contributed by atoms with Gasteiger partial charge in [0.15, 0.2) is 5.78 Å². The van der Waals surface area contributed by atoms with Crippen LogP contribution in [-0.4, -0.2) is 29.4 Å². The number of rotatable bonds is 4. The van der Waals surface area contributed by atoms with Crippen molar-refractivity contribution < 1.29 is 9.53 Å². The highest BCUT2D eigenvalue weighted by molar-refractivity contribution is 5.98. The van der Waals surface area contributed by atoms with Crippen molar-refractivity contribution in [2.45, 2.75) is 31.6 Å². The summed E-state index contributed by atoms with van der Waals surface area (Å²) < 4.78 is 6.12. The molecular weight excluding hydrogens is 298 g/mol. The first-order valence-electron chi connectivity index (χ1n) is 8.52. The van der Waals surface area contributed by atoms with Gasteiger partial charge in [0.1, 0.15) is 0 Å². The van der Waals surface area contributed by atoms with Crippen molar-refractivity contribution in [3.8, 4) is 0 Å². The number of carbonyl (C=O) groups is 1. The SMILES string of the molecule is O=C1C=C(c2ccccc2)N2C[C@H](OCc3ccccc3)C[C@H]2C1. The van der Waals surface area contributed by atoms with Crippen LogP contribution in [0.1, 0.15) is 24.0 Å². The molecule has 0 aliphatic carbocycles. The van der Waals surface area contributed by atoms with Crippen LogP contribution in [0.2, 0.25) is 0 Å². The molecule has 1 saturated heterocycles. The molecule has 2 aliphatic rings. The Morgan fingerprint density at radius 2 is 1.71 bits per heavy atom. The number of fused-ring (bicyclic) bond motifs is 1. The Morgan fingerprint density at radius 1 is 1.00 bits per heavy atom. The normalized spacial score (nSPS) is 23.1. The Hall–Kier alpha value is -2.39. The molecule has 0 radical (unpaired) electrons. The molecule has 1 fully saturated rings. The number of ether oxygens (including phenoxy) is 1. The number of nitrogens with zero attached hydrogens (tertiary/aromatic N) is 1. The molecule has 2 aliphatic heterocycles. The molecule has 0 spiro atoms. The number of benzene rings is 2. The molecule has 4 rings (SSSR count). The first-order valence-corrected chi connectivity index (χ1v) is 8.52. The highest BCUT2D eigenvalue weighted by Gasteiger charge is 2.38. The highest BCUT2D eigenvalue weighted by atomic mass is 16.5. The summed E-state index contributed by atoms with van der Waals surface area (Å²) in [7, 11) is 0. The van der Waals surface area contributed by atoms with Gasteiger partial charge in [0.2, 0.25) is 0 Å². The van der Waals surface area contributed by atoms with Crippen molar-refractivity contribution in [1.29, 1.82) is 0 Å². The molecule has 2 atom stereocenters. The summed E-state index contributed by atoms with van der Waals surface area (Å²) in [5, 5.41) is 0. The largest absolute Gasteiger partial charge is 0.372 e. The van der Waals surface area contributed by atoms with Gasteiger partial charge in [0.05, 0.1) is 12.7 Å². The van der Waals surface area contributed by atoms with Crippen LogP contribution >= 0.6 is 0 Å². The van der Waals surface area contributed by atoms with E-state index in [1.165, 1.54) is 5.56 Å². The molecule has 0 bridgehead atoms. The van der Waals surface area contributed by atoms with E-state index in [4.69, 9.17) is 4.74 Å². The van der Waals surface area contributed by atoms with Crippen LogP contribution in [0.5, 0.6) is 0 Å². The molecule has 0 unspecified atom stereocenters. The van der Waals surface area contributed by atoms with E-state index in [0.717, 1.165) is 24.2 Å². The molecule has 122 valence electrons. The zero-order chi connectivity index (χ0) is 16.4. The van der Waals surface area contributed by atoms with Crippen molar-refractivity contribution >= 4 is 11.5 Å². The molecule has 3 nitrogen and oxygen atoms in total. The summed E-state index contributed by atoms with van der Waals surface area (Å²) >= 11 is 0. The van der Waals surface area contributed by atoms with Crippen molar-refractivity contribution in [2.24, 2.45) is 0 Å². The van der Waals surface area contributed by atoms with E-state index < -0.39 is 0 Å². The molecular formula is C21H21NO2. The first-order chi connectivity index (χ1) is 11.8. The molecule has 2 aromatic carbocycles. The smallest absolute Gasteiger partial charge is 0.159 e. The van der Waals surface area contributed by atoms with Crippen LogP contribution in [0.4, 0.5) is 0 Å². The lowest BCUT2D eigenvalue weighted by Gasteiger charge is -2.32. The average Bonchev–Trinajstić information content (AvgIpc) is 3.03. The molecule has 0 saturated carbocycles. The maximum Gasteiger partial charge on any atom is 0.159 e. The van der Waals surface area contributed by atoms with E-state index >= 15 is 0 Å². The number of allylic oxidation sites excluding steroid dienone is 1. The van der Waals surface area contributed by atoms with Crippen molar-refractivity contribution in [3.05, 3.63) is 77.9 Å². The van der Waals surface area contributed by atoms with Gasteiger partial charge in [-0.1, -0.05) is 60.7 Å². The number of ketones is 1. The van der Waals surface area contributed by atoms with Crippen LogP contribution in [0.3, 0.4) is 0 Å². The predicted molar refractivity (Wildman–Crippen MR) is 94.2 cm³/mol. The summed E-state index contributed by atoms with van der Waals surface area (Å²) in [6, 6.07) is 20.7. The van der Waals surface area contributed by atoms with Gasteiger partial charge in [-0.15, -0.1) is 0 Å². The van der Waals surface area contributed by atoms with E-state index in [-0.39, 0.29) is 17.9 Å². The zero-order valence-electron chi connectivity index (χ0n) is 13.6. The Kier molecular flexibility index (Phi) is 4.18. The Morgan fingerprint density at radius 3 is 2.46 bits per heavy atom. The third kappa shape index (κ3) is 3.13. The summed E-state index contributed by atoms with van der Waals surface area (Å²) in [4.78, 5) is 14.5. The summed E-state index contributed by atoms with van der Waals surface area (Å²) in [5.41, 5.74) is 3.35. The van der Waals surface area contributed by atoms with Gasteiger partial charge in [-0.25, -0.2) is 0 Å². The summed E-state index contributed by atoms with van der Waals surface area (Å²) in [6.07, 6.45) is 3.49. The van der Waals surface area contributed by atoms with Crippen LogP contribution in [0.15, 0.2) is 66.7 Å². The fourth-order valence-electron chi connectivity index (χ4n) is 3.66. The zero-order valence-corrected chi connectivity index (χ0v) is 13.6. The molecule has 2 heterocycles. The Balaban J connectivity index is 1.47. The maximum atomic E-state index is 12.1. The molecule has 0 N–H and O–H groups in total. The van der Waals surface area contributed by atoms with Crippen LogP contribution < -0.4 is 0 Å². The maximum absolute atomic E-state index is 12.1. The quantitative estimate of drug-likeness (QED) is 0.861. The monoisotopic (exact) mass is 319 g/mol. The third-order valence-corrected chi connectivity index (χ3v) is 4.82. The second kappa shape index (κ2) is 6.62. The van der Waals surface area contributed by atoms with Gasteiger partial charge in [-0.2, -0.15) is 0 Å². The van der Waals surface area contributed by atoms with E-state index in [9.17, 15) is 4.79 Å². The fraction of sp³-hybridized carbons (Fsp3) is 0.286. The molecule has 24 heavy (non-hydrogen) atoms. The lowest BCUT2D eigenvalue weighted by Crippen LogP contribution is -2.34. The van der Waals surface area contributed by atoms with Crippen molar-refractivity contribution in [1.82, 2.24) is 4.90 Å². The van der Waals surface area contributed by atoms with Crippen molar-refractivity contribution in [2.75, 3.05) is 6.54 Å². The lowest BCUT2D eigenvalue weighted by atomic mass is 9.99. The predicted octanol–water partition coefficient (Wildman–Crippen LogP) is 3.66. The van der Waals surface area contributed by atoms with Gasteiger partial charge < -0.3 is 9.64 Å². The van der Waals surface area contributed by atoms with Gasteiger partial charge in [0, 0.05) is 30.8 Å². The topological polar surface area (TPSA) is 29.5 Å². The Labute approximate surface area is 142 Å². The van der Waals surface area contributed by atoms with E-state index in [1.54, 1.807) is 6.08 Å². The van der Waals surface area contributed by atoms with E-state index in [0.29, 0.717) is 13.0 Å². The Bertz CT molecular complexity index is 739. The van der Waals surface area contributed by atoms with Gasteiger partial charge in [-0.3, -0.25) is 4.79 Å². The molecule has 0 amide bonds. The standard InChI is InChI=1S/C21H21NO2/c23-19-11-18-12-20(24-15-16-7-3-1-4-8-16)14-22(18)21(13-19)17-9-5-2-6-10-17/h1-10,13,18,20H,11-12,14-15H2/t18-,20-/m1/s1.